The molecule has 0 aliphatic heterocycles. The van der Waals surface area contributed by atoms with Gasteiger partial charge in [0.25, 0.3) is 0 Å². The van der Waals surface area contributed by atoms with E-state index in [2.05, 4.69) is 20.3 Å². The van der Waals surface area contributed by atoms with Crippen LogP contribution in [0.2, 0.25) is 0 Å². The zero-order valence-corrected chi connectivity index (χ0v) is 10.6. The van der Waals surface area contributed by atoms with Crippen molar-refractivity contribution in [1.82, 2.24) is 15.0 Å². The van der Waals surface area contributed by atoms with E-state index in [4.69, 9.17) is 5.73 Å². The number of nitrogen functional groups attached to an aromatic ring is 1. The number of aromatic amines is 1. The maximum Gasteiger partial charge on any atom is 0.348 e. The van der Waals surface area contributed by atoms with Crippen molar-refractivity contribution in [2.75, 3.05) is 11.1 Å². The average Bonchev–Trinajstić information content (AvgIpc) is 2.46. The maximum absolute atomic E-state index is 11.5. The number of hydrogen-bond acceptors (Lipinski definition) is 5. The van der Waals surface area contributed by atoms with E-state index >= 15 is 0 Å². The Hall–Kier alpha value is -2.89. The number of pyridine rings is 1. The molecule has 2 heterocycles. The molecule has 20 heavy (non-hydrogen) atoms. The fraction of sp³-hybridized carbons (Fsp3) is 0.0714. The second kappa shape index (κ2) is 5.00. The molecule has 0 saturated heterocycles. The first-order valence-corrected chi connectivity index (χ1v) is 6.16. The van der Waals surface area contributed by atoms with Crippen LogP contribution in [-0.4, -0.2) is 15.0 Å². The summed E-state index contributed by atoms with van der Waals surface area (Å²) >= 11 is 0. The van der Waals surface area contributed by atoms with Crippen molar-refractivity contribution in [3.63, 3.8) is 0 Å². The molecule has 4 N–H and O–H groups in total. The average molecular weight is 267 g/mol. The number of aromatic nitrogens is 3. The summed E-state index contributed by atoms with van der Waals surface area (Å²) in [6, 6.07) is 11.2. The molecule has 0 bridgehead atoms. The molecule has 0 saturated carbocycles. The van der Waals surface area contributed by atoms with E-state index < -0.39 is 5.69 Å². The van der Waals surface area contributed by atoms with Crippen LogP contribution >= 0.6 is 0 Å². The second-order valence-electron chi connectivity index (χ2n) is 4.34. The molecule has 0 atom stereocenters. The molecular weight excluding hydrogens is 254 g/mol. The molecule has 0 amide bonds. The predicted octanol–water partition coefficient (Wildman–Crippen LogP) is 1.51. The molecule has 0 aliphatic rings. The van der Waals surface area contributed by atoms with Crippen LogP contribution < -0.4 is 16.7 Å². The molecule has 0 spiro atoms. The molecule has 0 aliphatic carbocycles. The first-order chi connectivity index (χ1) is 9.74. The summed E-state index contributed by atoms with van der Waals surface area (Å²) < 4.78 is 0. The number of nitrogens with zero attached hydrogens (tertiary/aromatic N) is 2. The second-order valence-corrected chi connectivity index (χ2v) is 4.34. The molecule has 6 nitrogen and oxygen atoms in total. The Morgan fingerprint density at radius 3 is 2.90 bits per heavy atom. The highest BCUT2D eigenvalue weighted by atomic mass is 16.1. The SMILES string of the molecule is Nc1ccccc1CNc1nc(=O)[nH]c2ncccc12. The number of hydrogen-bond donors (Lipinski definition) is 3. The van der Waals surface area contributed by atoms with Crippen molar-refractivity contribution in [3.05, 3.63) is 58.6 Å². The van der Waals surface area contributed by atoms with Gasteiger partial charge >= 0.3 is 5.69 Å². The first-order valence-electron chi connectivity index (χ1n) is 6.16. The van der Waals surface area contributed by atoms with E-state index in [0.717, 1.165) is 10.9 Å². The van der Waals surface area contributed by atoms with Gasteiger partial charge in [-0.15, -0.1) is 0 Å². The molecular formula is C14H13N5O. The highest BCUT2D eigenvalue weighted by Crippen LogP contribution is 2.17. The molecule has 3 aromatic rings. The molecule has 0 fully saturated rings. The van der Waals surface area contributed by atoms with E-state index in [1.54, 1.807) is 12.3 Å². The molecule has 0 radical (unpaired) electrons. The number of H-pyrrole nitrogens is 1. The molecule has 3 rings (SSSR count). The van der Waals surface area contributed by atoms with Gasteiger partial charge in [-0.05, 0) is 23.8 Å². The third-order valence-corrected chi connectivity index (χ3v) is 3.00. The maximum atomic E-state index is 11.5. The lowest BCUT2D eigenvalue weighted by molar-refractivity contribution is 1.05. The fourth-order valence-electron chi connectivity index (χ4n) is 2.00. The molecule has 6 heteroatoms. The monoisotopic (exact) mass is 267 g/mol. The first kappa shape index (κ1) is 12.2. The van der Waals surface area contributed by atoms with Crippen molar-refractivity contribution < 1.29 is 0 Å². The van der Waals surface area contributed by atoms with E-state index in [-0.39, 0.29) is 0 Å². The minimum atomic E-state index is -0.431. The van der Waals surface area contributed by atoms with E-state index in [1.807, 2.05) is 30.3 Å². The number of anilines is 2. The van der Waals surface area contributed by atoms with Crippen molar-refractivity contribution >= 4 is 22.5 Å². The Kier molecular flexibility index (Phi) is 3.04. The van der Waals surface area contributed by atoms with Gasteiger partial charge in [-0.25, -0.2) is 9.78 Å². The summed E-state index contributed by atoms with van der Waals surface area (Å²) in [7, 11) is 0. The summed E-state index contributed by atoms with van der Waals surface area (Å²) in [5.41, 5.74) is 7.62. The van der Waals surface area contributed by atoms with E-state index in [1.165, 1.54) is 0 Å². The quantitative estimate of drug-likeness (QED) is 0.625. The number of rotatable bonds is 3. The van der Waals surface area contributed by atoms with Crippen LogP contribution in [0.15, 0.2) is 47.4 Å². The molecule has 0 unspecified atom stereocenters. The Bertz CT molecular complexity index is 812. The van der Waals surface area contributed by atoms with Crippen LogP contribution in [0, 0.1) is 0 Å². The largest absolute Gasteiger partial charge is 0.398 e. The Balaban J connectivity index is 1.95. The van der Waals surface area contributed by atoms with Gasteiger partial charge in [0.2, 0.25) is 0 Å². The van der Waals surface area contributed by atoms with Crippen LogP contribution in [0.25, 0.3) is 11.0 Å². The van der Waals surface area contributed by atoms with E-state index in [0.29, 0.717) is 23.7 Å². The third-order valence-electron chi connectivity index (χ3n) is 3.00. The number of benzene rings is 1. The van der Waals surface area contributed by atoms with Crippen molar-refractivity contribution in [2.24, 2.45) is 0 Å². The van der Waals surface area contributed by atoms with Crippen LogP contribution in [0.3, 0.4) is 0 Å². The van der Waals surface area contributed by atoms with Gasteiger partial charge in [0.1, 0.15) is 11.5 Å². The summed E-state index contributed by atoms with van der Waals surface area (Å²) in [5.74, 6) is 0.500. The van der Waals surface area contributed by atoms with Gasteiger partial charge in [0, 0.05) is 18.4 Å². The van der Waals surface area contributed by atoms with Gasteiger partial charge < -0.3 is 11.1 Å². The third kappa shape index (κ3) is 2.31. The molecule has 100 valence electrons. The van der Waals surface area contributed by atoms with Gasteiger partial charge in [-0.2, -0.15) is 4.98 Å². The number of nitrogens with two attached hydrogens (primary N) is 1. The summed E-state index contributed by atoms with van der Waals surface area (Å²) in [6.07, 6.45) is 1.62. The zero-order chi connectivity index (χ0) is 13.9. The van der Waals surface area contributed by atoms with Crippen LogP contribution in [0.1, 0.15) is 5.56 Å². The van der Waals surface area contributed by atoms with E-state index in [9.17, 15) is 4.79 Å². The standard InChI is InChI=1S/C14H13N5O/c15-11-6-2-1-4-9(11)8-17-13-10-5-3-7-16-12(10)18-14(20)19-13/h1-7H,8,15H2,(H2,16,17,18,19,20). The smallest absolute Gasteiger partial charge is 0.348 e. The van der Waals surface area contributed by atoms with Crippen molar-refractivity contribution in [1.29, 1.82) is 0 Å². The molecule has 1 aromatic carbocycles. The lowest BCUT2D eigenvalue weighted by Gasteiger charge is -2.09. The Morgan fingerprint density at radius 2 is 2.05 bits per heavy atom. The van der Waals surface area contributed by atoms with Crippen LogP contribution in [0.5, 0.6) is 0 Å². The fourth-order valence-corrected chi connectivity index (χ4v) is 2.00. The number of fused-ring (bicyclic) bond motifs is 1. The summed E-state index contributed by atoms with van der Waals surface area (Å²) in [5, 5.41) is 3.90. The lowest BCUT2D eigenvalue weighted by Crippen LogP contribution is -2.15. The van der Waals surface area contributed by atoms with Crippen LogP contribution in [0.4, 0.5) is 11.5 Å². The minimum absolute atomic E-state index is 0.431. The lowest BCUT2D eigenvalue weighted by atomic mass is 10.2. The van der Waals surface area contributed by atoms with Crippen molar-refractivity contribution in [3.8, 4) is 0 Å². The van der Waals surface area contributed by atoms with Gasteiger partial charge in [0.05, 0.1) is 5.39 Å². The highest BCUT2D eigenvalue weighted by molar-refractivity contribution is 5.85. The minimum Gasteiger partial charge on any atom is -0.398 e. The van der Waals surface area contributed by atoms with Crippen LogP contribution in [-0.2, 0) is 6.54 Å². The number of para-hydroxylation sites is 1. The highest BCUT2D eigenvalue weighted by Gasteiger charge is 2.06. The summed E-state index contributed by atoms with van der Waals surface area (Å²) in [4.78, 5) is 22.2. The number of nitrogens with one attached hydrogen (secondary N) is 2. The van der Waals surface area contributed by atoms with Crippen molar-refractivity contribution in [2.45, 2.75) is 6.54 Å². The Morgan fingerprint density at radius 1 is 1.20 bits per heavy atom. The van der Waals surface area contributed by atoms with Gasteiger partial charge in [0.15, 0.2) is 0 Å². The summed E-state index contributed by atoms with van der Waals surface area (Å²) in [6.45, 7) is 0.493. The predicted molar refractivity (Wildman–Crippen MR) is 78.3 cm³/mol. The van der Waals surface area contributed by atoms with Gasteiger partial charge in [-0.1, -0.05) is 18.2 Å². The topological polar surface area (TPSA) is 96.7 Å². The van der Waals surface area contributed by atoms with Gasteiger partial charge in [-0.3, -0.25) is 4.98 Å². The Labute approximate surface area is 114 Å². The zero-order valence-electron chi connectivity index (χ0n) is 10.6. The normalized spacial score (nSPS) is 10.6. The molecule has 2 aromatic heterocycles.